The van der Waals surface area contributed by atoms with Crippen LogP contribution in [0.4, 0.5) is 0 Å². The summed E-state index contributed by atoms with van der Waals surface area (Å²) >= 11 is 0. The third-order valence-corrected chi connectivity index (χ3v) is 9.61. The van der Waals surface area contributed by atoms with Crippen LogP contribution in [0.25, 0.3) is 0 Å². The van der Waals surface area contributed by atoms with E-state index in [9.17, 15) is 0 Å². The van der Waals surface area contributed by atoms with E-state index < -0.39 is 8.07 Å². The topological polar surface area (TPSA) is 0 Å². The van der Waals surface area contributed by atoms with Gasteiger partial charge < -0.3 is 24.8 Å². The zero-order valence-electron chi connectivity index (χ0n) is 12.3. The minimum atomic E-state index is -0.872. The van der Waals surface area contributed by atoms with Crippen molar-refractivity contribution in [1.29, 1.82) is 0 Å². The van der Waals surface area contributed by atoms with Gasteiger partial charge in [0.25, 0.3) is 0 Å². The van der Waals surface area contributed by atoms with Crippen LogP contribution < -0.4 is 30.0 Å². The van der Waals surface area contributed by atoms with Crippen LogP contribution in [-0.4, -0.2) is 8.07 Å². The molecule has 20 heavy (non-hydrogen) atoms. The van der Waals surface area contributed by atoms with Gasteiger partial charge in [-0.05, 0) is 0 Å². The van der Waals surface area contributed by atoms with Gasteiger partial charge in [-0.15, -0.1) is 6.42 Å². The summed E-state index contributed by atoms with van der Waals surface area (Å²) in [5, 5.41) is 1.73. The summed E-state index contributed by atoms with van der Waals surface area (Å²) in [4.78, 5) is 0. The van der Waals surface area contributed by atoms with Crippen LogP contribution >= 0.6 is 0 Å². The first-order valence-electron chi connectivity index (χ1n) is 6.72. The van der Waals surface area contributed by atoms with E-state index in [1.807, 2.05) is 12.2 Å². The summed E-state index contributed by atoms with van der Waals surface area (Å²) in [6, 6.07) is 11.6. The van der Waals surface area contributed by atoms with Crippen molar-refractivity contribution >= 4 is 13.3 Å². The predicted molar refractivity (Wildman–Crippen MR) is 78.4 cm³/mol. The largest absolute Gasteiger partial charge is 4.00 e. The summed E-state index contributed by atoms with van der Waals surface area (Å²) in [6.07, 6.45) is 11.5. The molecule has 4 heteroatoms. The molecule has 0 radical (unpaired) electrons. The van der Waals surface area contributed by atoms with Gasteiger partial charge in [-0.25, -0.2) is 23.8 Å². The molecule has 0 nitrogen and oxygen atoms in total. The Balaban J connectivity index is 0. The summed E-state index contributed by atoms with van der Waals surface area (Å²) in [6.45, 7) is 4.59. The fraction of sp³-hybridized carbons (Fsp3) is 0.438. The zero-order valence-corrected chi connectivity index (χ0v) is 18.4. The molecule has 2 aliphatic rings. The Hall–Kier alpha value is 0.497. The number of rotatable bonds is 2. The first kappa shape index (κ1) is 22.8. The number of aryl methyl sites for hydroxylation is 1. The van der Waals surface area contributed by atoms with Crippen molar-refractivity contribution in [1.82, 2.24) is 0 Å². The third kappa shape index (κ3) is 5.71. The second-order valence-corrected chi connectivity index (χ2v) is 10.0. The summed E-state index contributed by atoms with van der Waals surface area (Å²) in [7, 11) is -0.872. The Labute approximate surface area is 156 Å². The monoisotopic (exact) mass is 492 g/mol. The fourth-order valence-corrected chi connectivity index (χ4v) is 6.55. The Morgan fingerprint density at radius 1 is 1.30 bits per heavy atom. The summed E-state index contributed by atoms with van der Waals surface area (Å²) in [5.41, 5.74) is 1.46. The number of hydrogen-bond acceptors (Lipinski definition) is 0. The van der Waals surface area contributed by atoms with Crippen molar-refractivity contribution in [3.8, 4) is 0 Å². The van der Waals surface area contributed by atoms with Crippen LogP contribution in [0.3, 0.4) is 0 Å². The molecule has 1 aliphatic carbocycles. The second-order valence-electron chi connectivity index (χ2n) is 5.17. The van der Waals surface area contributed by atoms with Crippen LogP contribution in [-0.2, 0) is 25.8 Å². The van der Waals surface area contributed by atoms with Gasteiger partial charge in [0.1, 0.15) is 0 Å². The number of allylic oxidation sites excluding steroid dienone is 4. The van der Waals surface area contributed by atoms with E-state index in [1.54, 1.807) is 17.3 Å². The van der Waals surface area contributed by atoms with Crippen molar-refractivity contribution in [2.24, 2.45) is 0 Å². The minimum absolute atomic E-state index is 0. The van der Waals surface area contributed by atoms with Crippen molar-refractivity contribution in [3.05, 3.63) is 48.1 Å². The average molecular weight is 492 g/mol. The van der Waals surface area contributed by atoms with Crippen LogP contribution in [0, 0.1) is 13.0 Å². The van der Waals surface area contributed by atoms with Gasteiger partial charge in [0.05, 0.1) is 0 Å². The molecule has 3 rings (SSSR count). The molecule has 1 fully saturated rings. The second kappa shape index (κ2) is 11.1. The molecule has 1 heterocycles. The molecule has 0 unspecified atom stereocenters. The maximum Gasteiger partial charge on any atom is 4.00 e. The smallest absolute Gasteiger partial charge is 1.00 e. The molecule has 1 aliphatic heterocycles. The van der Waals surface area contributed by atoms with Gasteiger partial charge in [-0.3, -0.25) is 6.08 Å². The van der Waals surface area contributed by atoms with Crippen molar-refractivity contribution in [3.63, 3.8) is 0 Å². The standard InChI is InChI=1S/C11H17Si.C5H5.2ClH.Hf/c1-3-12(7-4-8-12)11-6-5-10(2)9-11;1-2-4-5-3-1;;;/h5-6,9H,3-4,7-8H2,1-2H3;1-3H,4H2;2*1H;/q2*-1;;;+4/p-2. The molecular formula is C16H22Cl2HfSi. The van der Waals surface area contributed by atoms with Gasteiger partial charge in [-0.1, -0.05) is 38.4 Å². The van der Waals surface area contributed by atoms with E-state index >= 15 is 0 Å². The molecule has 0 aromatic heterocycles. The van der Waals surface area contributed by atoms with E-state index in [1.165, 1.54) is 18.0 Å². The first-order valence-corrected chi connectivity index (χ1v) is 9.34. The maximum absolute atomic E-state index is 2.99. The molecule has 1 saturated heterocycles. The van der Waals surface area contributed by atoms with E-state index in [0.717, 1.165) is 6.42 Å². The Kier molecular flexibility index (Phi) is 12.7. The van der Waals surface area contributed by atoms with Crippen molar-refractivity contribution in [2.45, 2.75) is 44.8 Å². The fourth-order valence-electron chi connectivity index (χ4n) is 2.68. The van der Waals surface area contributed by atoms with E-state index in [4.69, 9.17) is 0 Å². The molecule has 0 atom stereocenters. The van der Waals surface area contributed by atoms with Gasteiger partial charge in [0.15, 0.2) is 0 Å². The summed E-state index contributed by atoms with van der Waals surface area (Å²) in [5.74, 6) is 0. The van der Waals surface area contributed by atoms with Crippen LogP contribution in [0.15, 0.2) is 36.4 Å². The van der Waals surface area contributed by atoms with Gasteiger partial charge >= 0.3 is 25.8 Å². The molecule has 0 spiro atoms. The Morgan fingerprint density at radius 2 is 2.00 bits per heavy atom. The maximum atomic E-state index is 2.99. The van der Waals surface area contributed by atoms with E-state index in [0.29, 0.717) is 0 Å². The zero-order chi connectivity index (χ0) is 12.1. The SMILES string of the molecule is CC[Si]1([c-]2ccc(C)c2)CCC1.[C-]1=CC=CC1.[Cl-].[Cl-].[Hf+4]. The van der Waals surface area contributed by atoms with Crippen LogP contribution in [0.1, 0.15) is 25.3 Å². The van der Waals surface area contributed by atoms with Gasteiger partial charge in [0, 0.05) is 8.07 Å². The molecule has 0 saturated carbocycles. The predicted octanol–water partition coefficient (Wildman–Crippen LogP) is -1.90. The van der Waals surface area contributed by atoms with Gasteiger partial charge in [0.2, 0.25) is 0 Å². The molecular weight excluding hydrogens is 470 g/mol. The van der Waals surface area contributed by atoms with E-state index in [2.05, 4.69) is 44.2 Å². The minimum Gasteiger partial charge on any atom is -1.00 e. The van der Waals surface area contributed by atoms with Crippen LogP contribution in [0.5, 0.6) is 0 Å². The molecule has 0 bridgehead atoms. The molecule has 0 N–H and O–H groups in total. The average Bonchev–Trinajstić information content (AvgIpc) is 2.91. The van der Waals surface area contributed by atoms with E-state index in [-0.39, 0.29) is 50.7 Å². The molecule has 1 aromatic rings. The Bertz CT molecular complexity index is 404. The molecule has 0 amide bonds. The molecule has 1 aromatic carbocycles. The summed E-state index contributed by atoms with van der Waals surface area (Å²) < 4.78 is 0. The van der Waals surface area contributed by atoms with Crippen molar-refractivity contribution in [2.75, 3.05) is 0 Å². The number of halogens is 2. The quantitative estimate of drug-likeness (QED) is 0.335. The number of hydrogen-bond donors (Lipinski definition) is 0. The normalized spacial score (nSPS) is 16.7. The van der Waals surface area contributed by atoms with Gasteiger partial charge in [-0.2, -0.15) is 23.4 Å². The Morgan fingerprint density at radius 3 is 2.25 bits per heavy atom. The van der Waals surface area contributed by atoms with Crippen molar-refractivity contribution < 1.29 is 50.7 Å². The van der Waals surface area contributed by atoms with Crippen LogP contribution in [0.2, 0.25) is 18.1 Å². The third-order valence-electron chi connectivity index (χ3n) is 4.09. The first-order chi connectivity index (χ1) is 8.27. The molecule has 108 valence electrons.